The maximum atomic E-state index is 11.2. The molecule has 0 fully saturated rings. The Bertz CT molecular complexity index is 558. The molecule has 5 heteroatoms. The summed E-state index contributed by atoms with van der Waals surface area (Å²) < 4.78 is 4.44. The molecule has 1 N–H and O–H groups in total. The number of carbonyl (C=O) groups excluding carboxylic acids is 1. The van der Waals surface area contributed by atoms with E-state index < -0.39 is 11.6 Å². The highest BCUT2D eigenvalue weighted by Crippen LogP contribution is 2.19. The number of nitrogens with zero attached hydrogens (tertiary/aromatic N) is 1. The lowest BCUT2D eigenvalue weighted by Crippen LogP contribution is -2.02. The summed E-state index contributed by atoms with van der Waals surface area (Å²) in [6.45, 7) is 0. The van der Waals surface area contributed by atoms with Crippen molar-refractivity contribution in [1.29, 1.82) is 0 Å². The second-order valence-electron chi connectivity index (χ2n) is 2.63. The number of hydrogen-bond donors (Lipinski definition) is 1. The van der Waals surface area contributed by atoms with Crippen molar-refractivity contribution in [3.05, 3.63) is 34.3 Å². The van der Waals surface area contributed by atoms with E-state index in [4.69, 9.17) is 5.11 Å². The van der Waals surface area contributed by atoms with Crippen molar-refractivity contribution in [2.24, 2.45) is 0 Å². The Labute approximate surface area is 77.6 Å². The van der Waals surface area contributed by atoms with Gasteiger partial charge in [-0.3, -0.25) is 9.78 Å². The van der Waals surface area contributed by atoms with Gasteiger partial charge in [-0.15, -0.1) is 0 Å². The van der Waals surface area contributed by atoms with Gasteiger partial charge in [0.05, 0.1) is 10.9 Å². The second-order valence-corrected chi connectivity index (χ2v) is 2.63. The standard InChI is InChI=1S/C9H5NO4/c11-4-6-7-5(2-1-3-10-7)8(12)14-9(6)13/h1-4,13H. The molecule has 2 aromatic rings. The van der Waals surface area contributed by atoms with Gasteiger partial charge in [-0.05, 0) is 12.1 Å². The lowest BCUT2D eigenvalue weighted by Gasteiger charge is -1.98. The molecule has 0 amide bonds. The van der Waals surface area contributed by atoms with Gasteiger partial charge < -0.3 is 9.52 Å². The van der Waals surface area contributed by atoms with E-state index in [1.165, 1.54) is 12.3 Å². The van der Waals surface area contributed by atoms with Crippen LogP contribution < -0.4 is 5.63 Å². The minimum atomic E-state index is -0.712. The van der Waals surface area contributed by atoms with E-state index in [-0.39, 0.29) is 16.5 Å². The van der Waals surface area contributed by atoms with E-state index >= 15 is 0 Å². The third-order valence-electron chi connectivity index (χ3n) is 1.82. The third-order valence-corrected chi connectivity index (χ3v) is 1.82. The number of fused-ring (bicyclic) bond motifs is 1. The van der Waals surface area contributed by atoms with Crippen LogP contribution in [-0.4, -0.2) is 16.4 Å². The van der Waals surface area contributed by atoms with E-state index in [2.05, 4.69) is 9.40 Å². The molecular formula is C9H5NO4. The van der Waals surface area contributed by atoms with Crippen LogP contribution in [0.15, 0.2) is 27.5 Å². The molecule has 0 saturated carbocycles. The number of rotatable bonds is 1. The third kappa shape index (κ3) is 1.06. The lowest BCUT2D eigenvalue weighted by atomic mass is 10.2. The number of hydrogen-bond acceptors (Lipinski definition) is 5. The minimum absolute atomic E-state index is 0.111. The van der Waals surface area contributed by atoms with Crippen LogP contribution in [0, 0.1) is 0 Å². The summed E-state index contributed by atoms with van der Waals surface area (Å²) in [5.74, 6) is -0.698. The molecular weight excluding hydrogens is 186 g/mol. The normalized spacial score (nSPS) is 10.3. The summed E-state index contributed by atoms with van der Waals surface area (Å²) in [5, 5.41) is 9.32. The first-order valence-electron chi connectivity index (χ1n) is 3.80. The smallest absolute Gasteiger partial charge is 0.348 e. The van der Waals surface area contributed by atoms with Crippen molar-refractivity contribution in [2.45, 2.75) is 0 Å². The Hall–Kier alpha value is -2.17. The van der Waals surface area contributed by atoms with Crippen molar-refractivity contribution in [3.8, 4) is 5.95 Å². The second kappa shape index (κ2) is 2.95. The molecule has 0 aliphatic rings. The Morgan fingerprint density at radius 1 is 1.50 bits per heavy atom. The predicted octanol–water partition coefficient (Wildman–Crippen LogP) is 0.706. The maximum Gasteiger partial charge on any atom is 0.348 e. The highest BCUT2D eigenvalue weighted by molar-refractivity contribution is 5.96. The quantitative estimate of drug-likeness (QED) is 0.671. The summed E-state index contributed by atoms with van der Waals surface area (Å²) in [6.07, 6.45) is 1.82. The van der Waals surface area contributed by atoms with E-state index in [0.717, 1.165) is 0 Å². The summed E-state index contributed by atoms with van der Waals surface area (Å²) in [5.41, 5.74) is -0.673. The number of carbonyl (C=O) groups is 1. The highest BCUT2D eigenvalue weighted by Gasteiger charge is 2.12. The van der Waals surface area contributed by atoms with Crippen LogP contribution in [0.2, 0.25) is 0 Å². The van der Waals surface area contributed by atoms with Gasteiger partial charge in [-0.25, -0.2) is 4.79 Å². The first-order valence-corrected chi connectivity index (χ1v) is 3.80. The monoisotopic (exact) mass is 191 g/mol. The summed E-state index contributed by atoms with van der Waals surface area (Å²) in [7, 11) is 0. The topological polar surface area (TPSA) is 80.4 Å². The van der Waals surface area contributed by atoms with Crippen LogP contribution in [0.5, 0.6) is 5.95 Å². The van der Waals surface area contributed by atoms with Crippen LogP contribution >= 0.6 is 0 Å². The van der Waals surface area contributed by atoms with Crippen molar-refractivity contribution in [2.75, 3.05) is 0 Å². The molecule has 0 unspecified atom stereocenters. The molecule has 0 saturated heterocycles. The zero-order chi connectivity index (χ0) is 10.1. The Balaban J connectivity index is 3.05. The molecule has 0 aliphatic carbocycles. The van der Waals surface area contributed by atoms with Crippen LogP contribution in [-0.2, 0) is 0 Å². The molecule has 0 aromatic carbocycles. The molecule has 5 nitrogen and oxygen atoms in total. The first kappa shape index (κ1) is 8.43. The Morgan fingerprint density at radius 2 is 2.29 bits per heavy atom. The van der Waals surface area contributed by atoms with E-state index in [0.29, 0.717) is 6.29 Å². The average Bonchev–Trinajstić information content (AvgIpc) is 2.18. The highest BCUT2D eigenvalue weighted by atomic mass is 16.5. The Morgan fingerprint density at radius 3 is 3.00 bits per heavy atom. The largest absolute Gasteiger partial charge is 0.480 e. The van der Waals surface area contributed by atoms with E-state index in [1.807, 2.05) is 0 Å². The van der Waals surface area contributed by atoms with E-state index in [1.54, 1.807) is 6.07 Å². The minimum Gasteiger partial charge on any atom is -0.480 e. The van der Waals surface area contributed by atoms with Gasteiger partial charge in [-0.1, -0.05) is 0 Å². The molecule has 0 atom stereocenters. The van der Waals surface area contributed by atoms with Gasteiger partial charge in [0.25, 0.3) is 5.95 Å². The average molecular weight is 191 g/mol. The molecule has 2 aromatic heterocycles. The molecule has 2 rings (SSSR count). The summed E-state index contributed by atoms with van der Waals surface area (Å²) >= 11 is 0. The molecule has 2 heterocycles. The van der Waals surface area contributed by atoms with Gasteiger partial charge in [0.1, 0.15) is 5.56 Å². The molecule has 70 valence electrons. The number of aldehydes is 1. The van der Waals surface area contributed by atoms with E-state index in [9.17, 15) is 9.59 Å². The van der Waals surface area contributed by atoms with Crippen LogP contribution in [0.1, 0.15) is 10.4 Å². The van der Waals surface area contributed by atoms with Gasteiger partial charge in [0.2, 0.25) is 0 Å². The first-order chi connectivity index (χ1) is 6.74. The number of aromatic nitrogens is 1. The summed E-state index contributed by atoms with van der Waals surface area (Å²) in [6, 6.07) is 3.02. The zero-order valence-corrected chi connectivity index (χ0v) is 6.93. The van der Waals surface area contributed by atoms with Crippen molar-refractivity contribution < 1.29 is 14.3 Å². The SMILES string of the molecule is O=Cc1c(O)oc(=O)c2cccnc12. The zero-order valence-electron chi connectivity index (χ0n) is 6.93. The van der Waals surface area contributed by atoms with Crippen molar-refractivity contribution in [1.82, 2.24) is 4.98 Å². The molecule has 0 spiro atoms. The summed E-state index contributed by atoms with van der Waals surface area (Å²) in [4.78, 5) is 25.6. The fraction of sp³-hybridized carbons (Fsp3) is 0. The fourth-order valence-electron chi connectivity index (χ4n) is 1.19. The van der Waals surface area contributed by atoms with Gasteiger partial charge >= 0.3 is 5.63 Å². The lowest BCUT2D eigenvalue weighted by molar-refractivity contribution is 0.111. The number of pyridine rings is 1. The van der Waals surface area contributed by atoms with Crippen LogP contribution in [0.25, 0.3) is 10.9 Å². The van der Waals surface area contributed by atoms with Crippen LogP contribution in [0.3, 0.4) is 0 Å². The van der Waals surface area contributed by atoms with Gasteiger partial charge in [0, 0.05) is 6.20 Å². The number of aromatic hydroxyl groups is 1. The molecule has 0 radical (unpaired) electrons. The molecule has 0 aliphatic heterocycles. The van der Waals surface area contributed by atoms with Crippen molar-refractivity contribution in [3.63, 3.8) is 0 Å². The molecule has 0 bridgehead atoms. The van der Waals surface area contributed by atoms with Crippen LogP contribution in [0.4, 0.5) is 0 Å². The van der Waals surface area contributed by atoms with Crippen molar-refractivity contribution >= 4 is 17.2 Å². The van der Waals surface area contributed by atoms with Gasteiger partial charge in [0.15, 0.2) is 6.29 Å². The predicted molar refractivity (Wildman–Crippen MR) is 47.3 cm³/mol. The fourth-order valence-corrected chi connectivity index (χ4v) is 1.19. The molecule has 14 heavy (non-hydrogen) atoms. The Kier molecular flexibility index (Phi) is 1.78. The maximum absolute atomic E-state index is 11.2. The van der Waals surface area contributed by atoms with Gasteiger partial charge in [-0.2, -0.15) is 0 Å².